The van der Waals surface area contributed by atoms with Gasteiger partial charge in [-0.15, -0.1) is 0 Å². The Morgan fingerprint density at radius 2 is 1.88 bits per heavy atom. The van der Waals surface area contributed by atoms with E-state index in [0.29, 0.717) is 33.8 Å². The summed E-state index contributed by atoms with van der Waals surface area (Å²) < 4.78 is 5.68. The minimum absolute atomic E-state index is 0.227. The van der Waals surface area contributed by atoms with Crippen LogP contribution in [0.15, 0.2) is 66.9 Å². The molecule has 3 aromatic rings. The highest BCUT2D eigenvalue weighted by molar-refractivity contribution is 6.42. The van der Waals surface area contributed by atoms with Crippen LogP contribution in [0.3, 0.4) is 0 Å². The zero-order chi connectivity index (χ0) is 17.6. The number of carbonyl (C=O) groups is 1. The average Bonchev–Trinajstić information content (AvgIpc) is 2.63. The smallest absolute Gasteiger partial charge is 0.251 e. The highest BCUT2D eigenvalue weighted by Gasteiger charge is 2.08. The molecule has 4 nitrogen and oxygen atoms in total. The number of nitrogens with one attached hydrogen (secondary N) is 1. The van der Waals surface area contributed by atoms with Crippen molar-refractivity contribution in [1.29, 1.82) is 0 Å². The van der Waals surface area contributed by atoms with Crippen molar-refractivity contribution in [3.8, 4) is 11.6 Å². The number of nitrogens with zero attached hydrogens (tertiary/aromatic N) is 1. The molecule has 1 aromatic heterocycles. The second-order valence-electron chi connectivity index (χ2n) is 5.23. The van der Waals surface area contributed by atoms with Gasteiger partial charge >= 0.3 is 0 Å². The summed E-state index contributed by atoms with van der Waals surface area (Å²) in [7, 11) is 0. The van der Waals surface area contributed by atoms with Crippen LogP contribution in [-0.2, 0) is 6.54 Å². The van der Waals surface area contributed by atoms with E-state index >= 15 is 0 Å². The van der Waals surface area contributed by atoms with Gasteiger partial charge in [0.1, 0.15) is 5.75 Å². The van der Waals surface area contributed by atoms with Crippen LogP contribution < -0.4 is 10.1 Å². The van der Waals surface area contributed by atoms with Crippen molar-refractivity contribution in [2.45, 2.75) is 6.54 Å². The SMILES string of the molecule is O=C(NCc1cccc(Oc2ccccn2)c1)c1ccc(Cl)c(Cl)c1. The van der Waals surface area contributed by atoms with Crippen molar-refractivity contribution in [3.63, 3.8) is 0 Å². The molecule has 1 N–H and O–H groups in total. The molecule has 0 spiro atoms. The minimum atomic E-state index is -0.227. The lowest BCUT2D eigenvalue weighted by Crippen LogP contribution is -2.22. The van der Waals surface area contributed by atoms with Gasteiger partial charge in [0.2, 0.25) is 5.88 Å². The molecule has 0 fully saturated rings. The first-order chi connectivity index (χ1) is 12.1. The van der Waals surface area contributed by atoms with Crippen molar-refractivity contribution in [1.82, 2.24) is 10.3 Å². The Morgan fingerprint density at radius 1 is 1.00 bits per heavy atom. The number of carbonyl (C=O) groups excluding carboxylic acids is 1. The quantitative estimate of drug-likeness (QED) is 0.676. The highest BCUT2D eigenvalue weighted by atomic mass is 35.5. The van der Waals surface area contributed by atoms with Gasteiger partial charge in [0.15, 0.2) is 0 Å². The lowest BCUT2D eigenvalue weighted by molar-refractivity contribution is 0.0951. The predicted molar refractivity (Wildman–Crippen MR) is 98.4 cm³/mol. The van der Waals surface area contributed by atoms with Gasteiger partial charge in [0.25, 0.3) is 5.91 Å². The molecule has 0 aliphatic carbocycles. The molecule has 0 radical (unpaired) electrons. The fraction of sp³-hybridized carbons (Fsp3) is 0.0526. The number of pyridine rings is 1. The summed E-state index contributed by atoms with van der Waals surface area (Å²) in [5.41, 5.74) is 1.36. The molecule has 25 heavy (non-hydrogen) atoms. The first-order valence-corrected chi connectivity index (χ1v) is 8.28. The van der Waals surface area contributed by atoms with E-state index in [1.54, 1.807) is 30.5 Å². The number of aromatic nitrogens is 1. The van der Waals surface area contributed by atoms with Crippen LogP contribution in [0.1, 0.15) is 15.9 Å². The normalized spacial score (nSPS) is 10.3. The predicted octanol–water partition coefficient (Wildman–Crippen LogP) is 5.11. The Morgan fingerprint density at radius 3 is 2.64 bits per heavy atom. The zero-order valence-corrected chi connectivity index (χ0v) is 14.6. The van der Waals surface area contributed by atoms with Gasteiger partial charge in [-0.05, 0) is 42.0 Å². The molecule has 6 heteroatoms. The second kappa shape index (κ2) is 8.01. The maximum absolute atomic E-state index is 12.2. The molecule has 2 aromatic carbocycles. The summed E-state index contributed by atoms with van der Waals surface area (Å²) in [5, 5.41) is 3.60. The molecule has 0 saturated heterocycles. The summed E-state index contributed by atoms with van der Waals surface area (Å²) in [5.74, 6) is 0.939. The van der Waals surface area contributed by atoms with Crippen molar-refractivity contribution in [3.05, 3.63) is 88.0 Å². The molecular weight excluding hydrogens is 359 g/mol. The van der Waals surface area contributed by atoms with E-state index in [1.165, 1.54) is 0 Å². The van der Waals surface area contributed by atoms with Crippen molar-refractivity contribution < 1.29 is 9.53 Å². The lowest BCUT2D eigenvalue weighted by atomic mass is 10.2. The fourth-order valence-corrected chi connectivity index (χ4v) is 2.47. The van der Waals surface area contributed by atoms with Gasteiger partial charge in [0.05, 0.1) is 10.0 Å². The van der Waals surface area contributed by atoms with Crippen LogP contribution in [0.4, 0.5) is 0 Å². The molecule has 126 valence electrons. The topological polar surface area (TPSA) is 51.2 Å². The Bertz CT molecular complexity index is 886. The average molecular weight is 373 g/mol. The van der Waals surface area contributed by atoms with Crippen LogP contribution in [0.2, 0.25) is 10.0 Å². The number of hydrogen-bond donors (Lipinski definition) is 1. The van der Waals surface area contributed by atoms with E-state index in [4.69, 9.17) is 27.9 Å². The largest absolute Gasteiger partial charge is 0.439 e. The highest BCUT2D eigenvalue weighted by Crippen LogP contribution is 2.23. The van der Waals surface area contributed by atoms with E-state index in [-0.39, 0.29) is 5.91 Å². The van der Waals surface area contributed by atoms with Crippen LogP contribution in [0.25, 0.3) is 0 Å². The standard InChI is InChI=1S/C19H14Cl2N2O2/c20-16-8-7-14(11-17(16)21)19(24)23-12-13-4-3-5-15(10-13)25-18-6-1-2-9-22-18/h1-11H,12H2,(H,23,24). The molecule has 0 aliphatic rings. The number of hydrogen-bond acceptors (Lipinski definition) is 3. The van der Waals surface area contributed by atoms with Crippen LogP contribution >= 0.6 is 23.2 Å². The molecule has 0 saturated carbocycles. The number of rotatable bonds is 5. The Hall–Kier alpha value is -2.56. The van der Waals surface area contributed by atoms with Crippen molar-refractivity contribution in [2.24, 2.45) is 0 Å². The van der Waals surface area contributed by atoms with Crippen LogP contribution in [0.5, 0.6) is 11.6 Å². The summed E-state index contributed by atoms with van der Waals surface area (Å²) >= 11 is 11.8. The van der Waals surface area contributed by atoms with Gasteiger partial charge in [-0.1, -0.05) is 41.4 Å². The maximum Gasteiger partial charge on any atom is 0.251 e. The lowest BCUT2D eigenvalue weighted by Gasteiger charge is -2.09. The van der Waals surface area contributed by atoms with E-state index < -0.39 is 0 Å². The summed E-state index contributed by atoms with van der Waals surface area (Å²) in [6.07, 6.45) is 1.66. The summed E-state index contributed by atoms with van der Waals surface area (Å²) in [6, 6.07) is 17.7. The third-order valence-electron chi connectivity index (χ3n) is 3.39. The van der Waals surface area contributed by atoms with E-state index in [0.717, 1.165) is 5.56 Å². The van der Waals surface area contributed by atoms with Crippen LogP contribution in [-0.4, -0.2) is 10.9 Å². The number of ether oxygens (including phenoxy) is 1. The van der Waals surface area contributed by atoms with Gasteiger partial charge in [0, 0.05) is 24.4 Å². The first-order valence-electron chi connectivity index (χ1n) is 7.53. The minimum Gasteiger partial charge on any atom is -0.439 e. The molecule has 0 bridgehead atoms. The number of halogens is 2. The fourth-order valence-electron chi connectivity index (χ4n) is 2.17. The van der Waals surface area contributed by atoms with Gasteiger partial charge in [-0.2, -0.15) is 0 Å². The Labute approximate surface area is 155 Å². The monoisotopic (exact) mass is 372 g/mol. The number of amides is 1. The maximum atomic E-state index is 12.2. The molecule has 0 unspecified atom stereocenters. The van der Waals surface area contributed by atoms with E-state index in [1.807, 2.05) is 36.4 Å². The third-order valence-corrected chi connectivity index (χ3v) is 4.13. The molecule has 0 aliphatic heterocycles. The summed E-state index contributed by atoms with van der Waals surface area (Å²) in [6.45, 7) is 0.360. The Kier molecular flexibility index (Phi) is 5.53. The second-order valence-corrected chi connectivity index (χ2v) is 6.04. The zero-order valence-electron chi connectivity index (χ0n) is 13.1. The van der Waals surface area contributed by atoms with Crippen molar-refractivity contribution >= 4 is 29.1 Å². The first kappa shape index (κ1) is 17.3. The van der Waals surface area contributed by atoms with Crippen LogP contribution in [0, 0.1) is 0 Å². The number of benzene rings is 2. The molecule has 1 amide bonds. The van der Waals surface area contributed by atoms with Gasteiger partial charge < -0.3 is 10.1 Å². The van der Waals surface area contributed by atoms with Crippen molar-refractivity contribution in [2.75, 3.05) is 0 Å². The summed E-state index contributed by atoms with van der Waals surface area (Å²) in [4.78, 5) is 16.3. The third kappa shape index (κ3) is 4.72. The molecule has 3 rings (SSSR count). The Balaban J connectivity index is 1.64. The molecule has 0 atom stereocenters. The van der Waals surface area contributed by atoms with E-state index in [9.17, 15) is 4.79 Å². The van der Waals surface area contributed by atoms with E-state index in [2.05, 4.69) is 10.3 Å². The van der Waals surface area contributed by atoms with Gasteiger partial charge in [-0.3, -0.25) is 4.79 Å². The molecule has 1 heterocycles. The van der Waals surface area contributed by atoms with Gasteiger partial charge in [-0.25, -0.2) is 4.98 Å². The molecular formula is C19H14Cl2N2O2.